The number of ether oxygens (including phenoxy) is 1. The van der Waals surface area contributed by atoms with E-state index in [1.54, 1.807) is 79.9 Å². The molecule has 0 bridgehead atoms. The van der Waals surface area contributed by atoms with Gasteiger partial charge in [0.2, 0.25) is 11.8 Å². The molecule has 0 fully saturated rings. The molecule has 32 heavy (non-hydrogen) atoms. The van der Waals surface area contributed by atoms with E-state index in [2.05, 4.69) is 26.6 Å². The lowest BCUT2D eigenvalue weighted by molar-refractivity contribution is -0.122. The maximum absolute atomic E-state index is 13.4. The van der Waals surface area contributed by atoms with Gasteiger partial charge in [0.15, 0.2) is 0 Å². The van der Waals surface area contributed by atoms with Gasteiger partial charge in [0, 0.05) is 15.7 Å². The van der Waals surface area contributed by atoms with E-state index in [4.69, 9.17) is 4.74 Å². The summed E-state index contributed by atoms with van der Waals surface area (Å²) in [5, 5.41) is 5.58. The number of fused-ring (bicyclic) bond motifs is 1. The van der Waals surface area contributed by atoms with Crippen molar-refractivity contribution >= 4 is 50.7 Å². The number of anilines is 3. The van der Waals surface area contributed by atoms with Crippen molar-refractivity contribution in [2.75, 3.05) is 22.6 Å². The van der Waals surface area contributed by atoms with E-state index >= 15 is 0 Å². The van der Waals surface area contributed by atoms with E-state index in [0.717, 1.165) is 4.47 Å². The Balaban J connectivity index is 1.62. The first-order chi connectivity index (χ1) is 15.5. The lowest BCUT2D eigenvalue weighted by Crippen LogP contribution is -2.52. The molecule has 4 rings (SSSR count). The predicted molar refractivity (Wildman–Crippen MR) is 126 cm³/mol. The van der Waals surface area contributed by atoms with Crippen molar-refractivity contribution in [2.24, 2.45) is 0 Å². The third-order valence-corrected chi connectivity index (χ3v) is 5.63. The van der Waals surface area contributed by atoms with Crippen molar-refractivity contribution in [1.29, 1.82) is 0 Å². The van der Waals surface area contributed by atoms with Gasteiger partial charge >= 0.3 is 0 Å². The number of halogens is 1. The van der Waals surface area contributed by atoms with Gasteiger partial charge in [-0.05, 0) is 60.7 Å². The molecule has 2 N–H and O–H groups in total. The van der Waals surface area contributed by atoms with Crippen LogP contribution in [0.4, 0.5) is 17.1 Å². The highest BCUT2D eigenvalue weighted by atomic mass is 79.9. The van der Waals surface area contributed by atoms with Gasteiger partial charge in [-0.15, -0.1) is 0 Å². The fourth-order valence-electron chi connectivity index (χ4n) is 3.52. The Morgan fingerprint density at radius 1 is 1.03 bits per heavy atom. The highest BCUT2D eigenvalue weighted by molar-refractivity contribution is 9.10. The van der Waals surface area contributed by atoms with Gasteiger partial charge in [-0.3, -0.25) is 19.3 Å². The Morgan fingerprint density at radius 3 is 2.41 bits per heavy atom. The van der Waals surface area contributed by atoms with Crippen LogP contribution in [-0.4, -0.2) is 30.9 Å². The average Bonchev–Trinajstić information content (AvgIpc) is 2.80. The van der Waals surface area contributed by atoms with E-state index in [9.17, 15) is 14.4 Å². The molecular weight excluding hydrogens is 474 g/mol. The fraction of sp³-hybridized carbons (Fsp3) is 0.125. The van der Waals surface area contributed by atoms with E-state index in [1.165, 1.54) is 4.90 Å². The number of nitrogens with zero attached hydrogens (tertiary/aromatic N) is 1. The first-order valence-corrected chi connectivity index (χ1v) is 10.7. The number of hydrogen-bond acceptors (Lipinski definition) is 4. The molecule has 162 valence electrons. The smallest absolute Gasteiger partial charge is 0.259 e. The predicted octanol–water partition coefficient (Wildman–Crippen LogP) is 4.45. The molecule has 7 nitrogen and oxygen atoms in total. The van der Waals surface area contributed by atoms with Crippen LogP contribution in [0.3, 0.4) is 0 Å². The Hall–Kier alpha value is -3.65. The van der Waals surface area contributed by atoms with Crippen LogP contribution < -0.4 is 20.3 Å². The molecule has 3 amide bonds. The number of rotatable bonds is 5. The number of nitrogens with one attached hydrogen (secondary N) is 2. The molecule has 0 aliphatic carbocycles. The Bertz CT molecular complexity index is 1160. The van der Waals surface area contributed by atoms with Gasteiger partial charge in [-0.1, -0.05) is 28.1 Å². The SMILES string of the molecule is COc1ccc(NC(=O)C[C@@H]2C(=O)Nc3ccccc3N2C(=O)c2ccc(Br)cc2)cc1. The van der Waals surface area contributed by atoms with E-state index in [-0.39, 0.29) is 18.2 Å². The minimum atomic E-state index is -1.00. The first kappa shape index (κ1) is 21.6. The zero-order valence-electron chi connectivity index (χ0n) is 17.2. The lowest BCUT2D eigenvalue weighted by Gasteiger charge is -2.36. The van der Waals surface area contributed by atoms with Gasteiger partial charge in [0.25, 0.3) is 5.91 Å². The molecule has 3 aromatic carbocycles. The van der Waals surface area contributed by atoms with Crippen LogP contribution in [0.15, 0.2) is 77.3 Å². The number of carbonyl (C=O) groups excluding carboxylic acids is 3. The van der Waals surface area contributed by atoms with Gasteiger partial charge in [0.1, 0.15) is 11.8 Å². The second kappa shape index (κ2) is 9.23. The number of hydrogen-bond donors (Lipinski definition) is 2. The molecule has 0 unspecified atom stereocenters. The van der Waals surface area contributed by atoms with Crippen LogP contribution in [0.25, 0.3) is 0 Å². The minimum Gasteiger partial charge on any atom is -0.497 e. The number of amides is 3. The van der Waals surface area contributed by atoms with E-state index in [1.807, 2.05) is 0 Å². The van der Waals surface area contributed by atoms with E-state index in [0.29, 0.717) is 28.4 Å². The molecule has 3 aromatic rings. The summed E-state index contributed by atoms with van der Waals surface area (Å²) < 4.78 is 5.95. The molecule has 1 aliphatic heterocycles. The zero-order valence-corrected chi connectivity index (χ0v) is 18.8. The molecule has 0 radical (unpaired) electrons. The van der Waals surface area contributed by atoms with Crippen LogP contribution in [0, 0.1) is 0 Å². The number of methoxy groups -OCH3 is 1. The summed E-state index contributed by atoms with van der Waals surface area (Å²) in [7, 11) is 1.56. The monoisotopic (exact) mass is 493 g/mol. The van der Waals surface area contributed by atoms with Crippen LogP contribution in [0.2, 0.25) is 0 Å². The maximum Gasteiger partial charge on any atom is 0.259 e. The summed E-state index contributed by atoms with van der Waals surface area (Å²) in [5.41, 5.74) is 2.05. The number of benzene rings is 3. The topological polar surface area (TPSA) is 87.7 Å². The van der Waals surface area contributed by atoms with Crippen molar-refractivity contribution < 1.29 is 19.1 Å². The molecule has 0 aromatic heterocycles. The van der Waals surface area contributed by atoms with Crippen molar-refractivity contribution in [2.45, 2.75) is 12.5 Å². The molecule has 8 heteroatoms. The summed E-state index contributed by atoms with van der Waals surface area (Å²) in [6, 6.07) is 19.8. The highest BCUT2D eigenvalue weighted by Crippen LogP contribution is 2.34. The first-order valence-electron chi connectivity index (χ1n) is 9.89. The fourth-order valence-corrected chi connectivity index (χ4v) is 3.78. The normalized spacial score (nSPS) is 14.9. The van der Waals surface area contributed by atoms with Gasteiger partial charge in [-0.2, -0.15) is 0 Å². The average molecular weight is 494 g/mol. The molecule has 1 atom stereocenters. The van der Waals surface area contributed by atoms with Crippen molar-refractivity contribution in [3.8, 4) is 5.75 Å². The van der Waals surface area contributed by atoms with E-state index < -0.39 is 11.9 Å². The largest absolute Gasteiger partial charge is 0.497 e. The summed E-state index contributed by atoms with van der Waals surface area (Å²) >= 11 is 3.36. The zero-order chi connectivity index (χ0) is 22.7. The second-order valence-electron chi connectivity index (χ2n) is 7.19. The Labute approximate surface area is 193 Å². The number of carbonyl (C=O) groups is 3. The van der Waals surface area contributed by atoms with Crippen LogP contribution in [-0.2, 0) is 9.59 Å². The van der Waals surface area contributed by atoms with Crippen molar-refractivity contribution in [3.05, 3.63) is 82.8 Å². The summed E-state index contributed by atoms with van der Waals surface area (Å²) in [6.07, 6.45) is -0.200. The van der Waals surface area contributed by atoms with Crippen LogP contribution in [0.5, 0.6) is 5.75 Å². The van der Waals surface area contributed by atoms with Gasteiger partial charge < -0.3 is 15.4 Å². The quantitative estimate of drug-likeness (QED) is 0.549. The summed E-state index contributed by atoms with van der Waals surface area (Å²) in [5.74, 6) is -0.498. The molecule has 1 heterocycles. The Kier molecular flexibility index (Phi) is 6.23. The molecule has 0 spiro atoms. The molecule has 0 saturated carbocycles. The third kappa shape index (κ3) is 4.50. The number of para-hydroxylation sites is 2. The lowest BCUT2D eigenvalue weighted by atomic mass is 10.0. The maximum atomic E-state index is 13.4. The second-order valence-corrected chi connectivity index (χ2v) is 8.10. The standard InChI is InChI=1S/C24H20BrN3O4/c1-32-18-12-10-17(11-13-18)26-22(29)14-21-23(30)27-19-4-2-3-5-20(19)28(21)24(31)15-6-8-16(25)9-7-15/h2-13,21H,14H2,1H3,(H,26,29)(H,27,30)/t21-/m1/s1. The third-order valence-electron chi connectivity index (χ3n) is 5.10. The van der Waals surface area contributed by atoms with Gasteiger partial charge in [-0.25, -0.2) is 0 Å². The summed E-state index contributed by atoms with van der Waals surface area (Å²) in [4.78, 5) is 40.5. The molecule has 1 aliphatic rings. The van der Waals surface area contributed by atoms with Crippen LogP contribution >= 0.6 is 15.9 Å². The minimum absolute atomic E-state index is 0.200. The highest BCUT2D eigenvalue weighted by Gasteiger charge is 2.38. The molecular formula is C24H20BrN3O4. The van der Waals surface area contributed by atoms with Crippen molar-refractivity contribution in [1.82, 2.24) is 0 Å². The van der Waals surface area contributed by atoms with Crippen molar-refractivity contribution in [3.63, 3.8) is 0 Å². The molecule has 0 saturated heterocycles. The van der Waals surface area contributed by atoms with Crippen LogP contribution in [0.1, 0.15) is 16.8 Å². The Morgan fingerprint density at radius 2 is 1.72 bits per heavy atom. The summed E-state index contributed by atoms with van der Waals surface area (Å²) in [6.45, 7) is 0. The van der Waals surface area contributed by atoms with Gasteiger partial charge in [0.05, 0.1) is 24.9 Å².